The molecule has 1 saturated carbocycles. The van der Waals surface area contributed by atoms with Crippen LogP contribution in [0.4, 0.5) is 5.82 Å². The minimum atomic E-state index is -0.391. The number of hydrogen-bond donors (Lipinski definition) is 3. The Balaban J connectivity index is 1.78. The maximum absolute atomic E-state index is 10.2. The number of aliphatic hydroxyl groups is 1. The first-order valence-electron chi connectivity index (χ1n) is 8.68. The molecule has 3 aromatic rings. The number of aromatic hydroxyl groups is 1. The number of nitrogens with zero attached hydrogens (tertiary/aromatic N) is 3. The predicted molar refractivity (Wildman–Crippen MR) is 101 cm³/mol. The summed E-state index contributed by atoms with van der Waals surface area (Å²) < 4.78 is 0. The van der Waals surface area contributed by atoms with Gasteiger partial charge < -0.3 is 15.5 Å². The average Bonchev–Trinajstić information content (AvgIpc) is 2.64. The van der Waals surface area contributed by atoms with Gasteiger partial charge in [-0.05, 0) is 43.2 Å². The van der Waals surface area contributed by atoms with Crippen LogP contribution in [0.3, 0.4) is 0 Å². The van der Waals surface area contributed by atoms with E-state index in [-0.39, 0.29) is 11.8 Å². The number of anilines is 1. The van der Waals surface area contributed by atoms with Crippen molar-refractivity contribution in [3.63, 3.8) is 0 Å². The molecule has 1 aliphatic rings. The molecule has 3 N–H and O–H groups in total. The minimum Gasteiger partial charge on any atom is -0.507 e. The van der Waals surface area contributed by atoms with Gasteiger partial charge in [0.15, 0.2) is 5.82 Å². The molecule has 0 aliphatic heterocycles. The van der Waals surface area contributed by atoms with Crippen molar-refractivity contribution < 1.29 is 10.2 Å². The molecular formula is C19H19ClN4O2. The van der Waals surface area contributed by atoms with Gasteiger partial charge in [-0.3, -0.25) is 4.98 Å². The van der Waals surface area contributed by atoms with Crippen LogP contribution in [0.1, 0.15) is 25.7 Å². The molecule has 0 bridgehead atoms. The van der Waals surface area contributed by atoms with Crippen LogP contribution in [0.25, 0.3) is 22.2 Å². The summed E-state index contributed by atoms with van der Waals surface area (Å²) in [6.45, 7) is 0. The van der Waals surface area contributed by atoms with Crippen molar-refractivity contribution in [3.8, 4) is 17.0 Å². The summed E-state index contributed by atoms with van der Waals surface area (Å²) in [5, 5.41) is 33.7. The average molecular weight is 371 g/mol. The van der Waals surface area contributed by atoms with Crippen molar-refractivity contribution in [3.05, 3.63) is 41.6 Å². The third-order valence-corrected chi connectivity index (χ3v) is 5.04. The standard InChI is InChI=1S/C19H19ClN4O2/c20-11-7-8-12(16(26)10-11)18-17-13(4-3-9-21-17)19(24-23-18)22-14-5-1-2-6-15(14)25/h3-4,7-10,14-15,25-26H,1-2,5-6H2,(H,22,24). The molecule has 2 atom stereocenters. The maximum Gasteiger partial charge on any atom is 0.158 e. The van der Waals surface area contributed by atoms with E-state index in [4.69, 9.17) is 11.6 Å². The van der Waals surface area contributed by atoms with Gasteiger partial charge in [-0.25, -0.2) is 0 Å². The Morgan fingerprint density at radius 2 is 1.96 bits per heavy atom. The lowest BCUT2D eigenvalue weighted by molar-refractivity contribution is 0.116. The fourth-order valence-electron chi connectivity index (χ4n) is 3.43. The molecule has 134 valence electrons. The fourth-order valence-corrected chi connectivity index (χ4v) is 3.60. The fraction of sp³-hybridized carbons (Fsp3) is 0.316. The summed E-state index contributed by atoms with van der Waals surface area (Å²) in [5.74, 6) is 0.624. The zero-order valence-electron chi connectivity index (χ0n) is 14.1. The van der Waals surface area contributed by atoms with E-state index in [0.29, 0.717) is 27.6 Å². The Kier molecular flexibility index (Phi) is 4.61. The maximum atomic E-state index is 10.2. The second-order valence-corrected chi connectivity index (χ2v) is 7.00. The van der Waals surface area contributed by atoms with E-state index in [1.54, 1.807) is 18.3 Å². The molecular weight excluding hydrogens is 352 g/mol. The van der Waals surface area contributed by atoms with Gasteiger partial charge in [-0.1, -0.05) is 24.4 Å². The minimum absolute atomic E-state index is 0.0298. The van der Waals surface area contributed by atoms with Crippen molar-refractivity contribution in [2.24, 2.45) is 0 Å². The lowest BCUT2D eigenvalue weighted by Gasteiger charge is -2.29. The molecule has 0 radical (unpaired) electrons. The highest BCUT2D eigenvalue weighted by molar-refractivity contribution is 6.30. The van der Waals surface area contributed by atoms with E-state index in [0.717, 1.165) is 31.1 Å². The number of aliphatic hydroxyl groups excluding tert-OH is 1. The first-order valence-corrected chi connectivity index (χ1v) is 9.06. The van der Waals surface area contributed by atoms with Crippen molar-refractivity contribution in [2.45, 2.75) is 37.8 Å². The van der Waals surface area contributed by atoms with E-state index < -0.39 is 6.10 Å². The zero-order valence-corrected chi connectivity index (χ0v) is 14.8. The first-order chi connectivity index (χ1) is 12.6. The molecule has 2 unspecified atom stereocenters. The molecule has 0 spiro atoms. The molecule has 0 saturated heterocycles. The number of hydrogen-bond acceptors (Lipinski definition) is 6. The molecule has 1 fully saturated rings. The van der Waals surface area contributed by atoms with E-state index in [2.05, 4.69) is 20.5 Å². The number of nitrogens with one attached hydrogen (secondary N) is 1. The molecule has 1 aliphatic carbocycles. The molecule has 6 nitrogen and oxygen atoms in total. The quantitative estimate of drug-likeness (QED) is 0.650. The smallest absolute Gasteiger partial charge is 0.158 e. The lowest BCUT2D eigenvalue weighted by Crippen LogP contribution is -2.36. The summed E-state index contributed by atoms with van der Waals surface area (Å²) >= 11 is 5.92. The monoisotopic (exact) mass is 370 g/mol. The van der Waals surface area contributed by atoms with Crippen LogP contribution >= 0.6 is 11.6 Å². The zero-order chi connectivity index (χ0) is 18.1. The highest BCUT2D eigenvalue weighted by Gasteiger charge is 2.24. The second kappa shape index (κ2) is 7.05. The van der Waals surface area contributed by atoms with Crippen LogP contribution in [-0.4, -0.2) is 37.5 Å². The summed E-state index contributed by atoms with van der Waals surface area (Å²) in [6, 6.07) is 8.56. The van der Waals surface area contributed by atoms with Crippen molar-refractivity contribution >= 4 is 28.3 Å². The van der Waals surface area contributed by atoms with Gasteiger partial charge in [-0.15, -0.1) is 10.2 Å². The number of rotatable bonds is 3. The third-order valence-electron chi connectivity index (χ3n) is 4.80. The molecule has 0 amide bonds. The Bertz CT molecular complexity index is 950. The number of phenols is 1. The number of phenolic OH excluding ortho intramolecular Hbond substituents is 1. The van der Waals surface area contributed by atoms with Crippen LogP contribution in [0.15, 0.2) is 36.5 Å². The van der Waals surface area contributed by atoms with E-state index >= 15 is 0 Å². The Morgan fingerprint density at radius 1 is 1.12 bits per heavy atom. The summed E-state index contributed by atoms with van der Waals surface area (Å²) in [4.78, 5) is 4.44. The van der Waals surface area contributed by atoms with Crippen LogP contribution < -0.4 is 5.32 Å². The van der Waals surface area contributed by atoms with Crippen molar-refractivity contribution in [1.29, 1.82) is 0 Å². The summed E-state index contributed by atoms with van der Waals surface area (Å²) in [5.41, 5.74) is 1.65. The third kappa shape index (κ3) is 3.18. The Morgan fingerprint density at radius 3 is 2.77 bits per heavy atom. The topological polar surface area (TPSA) is 91.2 Å². The first kappa shape index (κ1) is 17.0. The van der Waals surface area contributed by atoms with Gasteiger partial charge in [0, 0.05) is 22.2 Å². The molecule has 7 heteroatoms. The SMILES string of the molecule is Oc1cc(Cl)ccc1-c1nnc(NC2CCCCC2O)c2cccnc12. The van der Waals surface area contributed by atoms with Gasteiger partial charge in [0.25, 0.3) is 0 Å². The van der Waals surface area contributed by atoms with E-state index in [9.17, 15) is 10.2 Å². The molecule has 2 aromatic heterocycles. The van der Waals surface area contributed by atoms with Crippen molar-refractivity contribution in [1.82, 2.24) is 15.2 Å². The number of aromatic nitrogens is 3. The highest BCUT2D eigenvalue weighted by atomic mass is 35.5. The van der Waals surface area contributed by atoms with Gasteiger partial charge >= 0.3 is 0 Å². The van der Waals surface area contributed by atoms with Crippen LogP contribution in [0, 0.1) is 0 Å². The number of fused-ring (bicyclic) bond motifs is 1. The molecule has 1 aromatic carbocycles. The van der Waals surface area contributed by atoms with Gasteiger partial charge in [0.1, 0.15) is 17.0 Å². The largest absolute Gasteiger partial charge is 0.507 e. The number of benzene rings is 1. The summed E-state index contributed by atoms with van der Waals surface area (Å²) in [7, 11) is 0. The predicted octanol–water partition coefficient (Wildman–Crippen LogP) is 3.77. The Labute approximate surface area is 155 Å². The van der Waals surface area contributed by atoms with Gasteiger partial charge in [-0.2, -0.15) is 0 Å². The van der Waals surface area contributed by atoms with Crippen LogP contribution in [0.5, 0.6) is 5.75 Å². The van der Waals surface area contributed by atoms with Crippen LogP contribution in [-0.2, 0) is 0 Å². The normalized spacial score (nSPS) is 20.2. The van der Waals surface area contributed by atoms with Gasteiger partial charge in [0.05, 0.1) is 12.1 Å². The van der Waals surface area contributed by atoms with Crippen LogP contribution in [0.2, 0.25) is 5.02 Å². The lowest BCUT2D eigenvalue weighted by atomic mass is 9.92. The van der Waals surface area contributed by atoms with E-state index in [1.165, 1.54) is 6.07 Å². The van der Waals surface area contributed by atoms with Crippen molar-refractivity contribution in [2.75, 3.05) is 5.32 Å². The summed E-state index contributed by atoms with van der Waals surface area (Å²) in [6.07, 6.45) is 5.09. The number of pyridine rings is 1. The molecule has 2 heterocycles. The molecule has 26 heavy (non-hydrogen) atoms. The highest BCUT2D eigenvalue weighted by Crippen LogP contribution is 2.35. The van der Waals surface area contributed by atoms with Gasteiger partial charge in [0.2, 0.25) is 0 Å². The molecule has 4 rings (SSSR count). The Hall–Kier alpha value is -2.44. The number of halogens is 1. The second-order valence-electron chi connectivity index (χ2n) is 6.56. The van der Waals surface area contributed by atoms with E-state index in [1.807, 2.05) is 12.1 Å².